The summed E-state index contributed by atoms with van der Waals surface area (Å²) in [7, 11) is 0. The monoisotopic (exact) mass is 348 g/mol. The number of rotatable bonds is 5. The first-order valence-electron chi connectivity index (χ1n) is 9.45. The lowest BCUT2D eigenvalue weighted by Crippen LogP contribution is -2.37. The summed E-state index contributed by atoms with van der Waals surface area (Å²) in [6, 6.07) is 5.27. The van der Waals surface area contributed by atoms with E-state index in [1.807, 2.05) is 13.0 Å². The number of aliphatic hydroxyl groups excluding tert-OH is 1. The fourth-order valence-corrected chi connectivity index (χ4v) is 4.01. The van der Waals surface area contributed by atoms with Gasteiger partial charge in [-0.3, -0.25) is 9.69 Å². The van der Waals surface area contributed by atoms with Gasteiger partial charge in [0.2, 0.25) is 5.91 Å². The van der Waals surface area contributed by atoms with Gasteiger partial charge in [0.05, 0.1) is 6.10 Å². The van der Waals surface area contributed by atoms with Crippen LogP contribution in [0.1, 0.15) is 43.2 Å². The Kier molecular flexibility index (Phi) is 6.07. The van der Waals surface area contributed by atoms with E-state index in [9.17, 15) is 14.3 Å². The van der Waals surface area contributed by atoms with Crippen LogP contribution < -0.4 is 5.32 Å². The molecule has 0 aromatic heterocycles. The van der Waals surface area contributed by atoms with E-state index in [4.69, 9.17) is 0 Å². The lowest BCUT2D eigenvalue weighted by Gasteiger charge is -2.25. The summed E-state index contributed by atoms with van der Waals surface area (Å²) in [5.41, 5.74) is 1.78. The SMILES string of the molecule is Cc1c(F)cccc1CN1CCC(CNC(=O)C2CCC(O)CC2)C1. The summed E-state index contributed by atoms with van der Waals surface area (Å²) in [6.07, 6.45) is 3.91. The maximum absolute atomic E-state index is 13.7. The minimum atomic E-state index is -0.223. The normalized spacial score (nSPS) is 27.4. The summed E-state index contributed by atoms with van der Waals surface area (Å²) in [5.74, 6) is 0.535. The minimum Gasteiger partial charge on any atom is -0.393 e. The summed E-state index contributed by atoms with van der Waals surface area (Å²) in [5, 5.41) is 12.6. The van der Waals surface area contributed by atoms with E-state index in [0.29, 0.717) is 5.92 Å². The molecular weight excluding hydrogens is 319 g/mol. The average molecular weight is 348 g/mol. The number of benzene rings is 1. The molecule has 2 aliphatic rings. The van der Waals surface area contributed by atoms with Crippen LogP contribution in [-0.2, 0) is 11.3 Å². The number of nitrogens with one attached hydrogen (secondary N) is 1. The molecule has 3 rings (SSSR count). The predicted molar refractivity (Wildman–Crippen MR) is 95.5 cm³/mol. The number of hydrogen-bond acceptors (Lipinski definition) is 3. The molecule has 2 N–H and O–H groups in total. The molecular formula is C20H29FN2O2. The van der Waals surface area contributed by atoms with Crippen molar-refractivity contribution in [1.29, 1.82) is 0 Å². The Morgan fingerprint density at radius 3 is 2.80 bits per heavy atom. The first-order chi connectivity index (χ1) is 12.0. The van der Waals surface area contributed by atoms with Crippen molar-refractivity contribution in [3.63, 3.8) is 0 Å². The number of aliphatic hydroxyl groups is 1. The minimum absolute atomic E-state index is 0.0656. The lowest BCUT2D eigenvalue weighted by atomic mass is 9.87. The van der Waals surface area contributed by atoms with Gasteiger partial charge in [0.1, 0.15) is 5.82 Å². The van der Waals surface area contributed by atoms with Gasteiger partial charge in [0, 0.05) is 25.6 Å². The highest BCUT2D eigenvalue weighted by molar-refractivity contribution is 5.78. The Morgan fingerprint density at radius 1 is 1.28 bits per heavy atom. The van der Waals surface area contributed by atoms with Gasteiger partial charge < -0.3 is 10.4 Å². The molecule has 1 unspecified atom stereocenters. The fraction of sp³-hybridized carbons (Fsp3) is 0.650. The molecule has 0 bridgehead atoms. The molecule has 1 aromatic carbocycles. The maximum atomic E-state index is 13.7. The average Bonchev–Trinajstić information content (AvgIpc) is 3.05. The summed E-state index contributed by atoms with van der Waals surface area (Å²) >= 11 is 0. The van der Waals surface area contributed by atoms with Crippen molar-refractivity contribution in [3.8, 4) is 0 Å². The first-order valence-corrected chi connectivity index (χ1v) is 9.45. The van der Waals surface area contributed by atoms with Gasteiger partial charge in [-0.1, -0.05) is 12.1 Å². The second kappa shape index (κ2) is 8.28. The molecule has 2 fully saturated rings. The Hall–Kier alpha value is -1.46. The lowest BCUT2D eigenvalue weighted by molar-refractivity contribution is -0.126. The fourth-order valence-electron chi connectivity index (χ4n) is 4.01. The van der Waals surface area contributed by atoms with E-state index in [2.05, 4.69) is 10.2 Å². The van der Waals surface area contributed by atoms with Crippen LogP contribution >= 0.6 is 0 Å². The van der Waals surface area contributed by atoms with Crippen molar-refractivity contribution in [1.82, 2.24) is 10.2 Å². The van der Waals surface area contributed by atoms with E-state index in [0.717, 1.165) is 69.4 Å². The Morgan fingerprint density at radius 2 is 2.04 bits per heavy atom. The largest absolute Gasteiger partial charge is 0.393 e. The number of halogens is 1. The van der Waals surface area contributed by atoms with Crippen molar-refractivity contribution in [2.75, 3.05) is 19.6 Å². The molecule has 0 radical (unpaired) electrons. The number of carbonyl (C=O) groups is 1. The maximum Gasteiger partial charge on any atom is 0.223 e. The van der Waals surface area contributed by atoms with Crippen molar-refractivity contribution in [3.05, 3.63) is 35.1 Å². The Bertz CT molecular complexity index is 599. The zero-order valence-electron chi connectivity index (χ0n) is 15.0. The van der Waals surface area contributed by atoms with E-state index >= 15 is 0 Å². The van der Waals surface area contributed by atoms with Gasteiger partial charge in [-0.15, -0.1) is 0 Å². The topological polar surface area (TPSA) is 52.6 Å². The second-order valence-corrected chi connectivity index (χ2v) is 7.66. The van der Waals surface area contributed by atoms with Gasteiger partial charge in [0.15, 0.2) is 0 Å². The van der Waals surface area contributed by atoms with Crippen molar-refractivity contribution in [2.24, 2.45) is 11.8 Å². The standard InChI is InChI=1S/C20H29FN2O2/c1-14-17(3-2-4-19(14)21)13-23-10-9-15(12-23)11-22-20(25)16-5-7-18(24)8-6-16/h2-4,15-16,18,24H,5-13H2,1H3,(H,22,25). The number of hydrogen-bond donors (Lipinski definition) is 2. The smallest absolute Gasteiger partial charge is 0.223 e. The predicted octanol–water partition coefficient (Wildman–Crippen LogP) is 2.62. The molecule has 1 saturated carbocycles. The van der Waals surface area contributed by atoms with E-state index in [1.54, 1.807) is 6.07 Å². The molecule has 138 valence electrons. The molecule has 4 nitrogen and oxygen atoms in total. The third-order valence-electron chi connectivity index (χ3n) is 5.78. The van der Waals surface area contributed by atoms with E-state index in [1.165, 1.54) is 6.07 Å². The van der Waals surface area contributed by atoms with Crippen LogP contribution in [0.3, 0.4) is 0 Å². The van der Waals surface area contributed by atoms with Crippen LogP contribution in [-0.4, -0.2) is 41.7 Å². The molecule has 1 amide bonds. The zero-order chi connectivity index (χ0) is 17.8. The summed E-state index contributed by atoms with van der Waals surface area (Å²) in [4.78, 5) is 14.6. The van der Waals surface area contributed by atoms with Crippen LogP contribution in [0, 0.1) is 24.6 Å². The molecule has 1 aliphatic carbocycles. The van der Waals surface area contributed by atoms with Crippen LogP contribution in [0.15, 0.2) is 18.2 Å². The highest BCUT2D eigenvalue weighted by Crippen LogP contribution is 2.25. The van der Waals surface area contributed by atoms with Crippen LogP contribution in [0.5, 0.6) is 0 Å². The molecule has 0 spiro atoms. The third kappa shape index (κ3) is 4.79. The molecule has 1 saturated heterocycles. The highest BCUT2D eigenvalue weighted by atomic mass is 19.1. The molecule has 1 atom stereocenters. The number of nitrogens with zero attached hydrogens (tertiary/aromatic N) is 1. The van der Waals surface area contributed by atoms with Gasteiger partial charge in [-0.05, 0) is 68.7 Å². The van der Waals surface area contributed by atoms with Crippen molar-refractivity contribution >= 4 is 5.91 Å². The first kappa shape index (κ1) is 18.3. The number of amides is 1. The van der Waals surface area contributed by atoms with Crippen molar-refractivity contribution < 1.29 is 14.3 Å². The third-order valence-corrected chi connectivity index (χ3v) is 5.78. The molecule has 5 heteroatoms. The van der Waals surface area contributed by atoms with E-state index in [-0.39, 0.29) is 23.7 Å². The van der Waals surface area contributed by atoms with E-state index < -0.39 is 0 Å². The van der Waals surface area contributed by atoms with Gasteiger partial charge in [0.25, 0.3) is 0 Å². The van der Waals surface area contributed by atoms with Crippen LogP contribution in [0.2, 0.25) is 0 Å². The summed E-state index contributed by atoms with van der Waals surface area (Å²) in [6.45, 7) is 5.26. The summed E-state index contributed by atoms with van der Waals surface area (Å²) < 4.78 is 13.7. The van der Waals surface area contributed by atoms with Crippen LogP contribution in [0.25, 0.3) is 0 Å². The highest BCUT2D eigenvalue weighted by Gasteiger charge is 2.27. The van der Waals surface area contributed by atoms with Crippen molar-refractivity contribution in [2.45, 2.75) is 51.7 Å². The quantitative estimate of drug-likeness (QED) is 0.860. The zero-order valence-corrected chi connectivity index (χ0v) is 15.0. The molecule has 1 aromatic rings. The molecule has 1 aliphatic heterocycles. The number of carbonyl (C=O) groups excluding carboxylic acids is 1. The van der Waals surface area contributed by atoms with Gasteiger partial charge in [-0.25, -0.2) is 4.39 Å². The molecule has 25 heavy (non-hydrogen) atoms. The molecule has 1 heterocycles. The van der Waals surface area contributed by atoms with Crippen LogP contribution in [0.4, 0.5) is 4.39 Å². The van der Waals surface area contributed by atoms with Gasteiger partial charge in [-0.2, -0.15) is 0 Å². The Balaban J connectivity index is 1.42. The Labute approximate surface area is 149 Å². The second-order valence-electron chi connectivity index (χ2n) is 7.66. The number of likely N-dealkylation sites (tertiary alicyclic amines) is 1. The van der Waals surface area contributed by atoms with Gasteiger partial charge >= 0.3 is 0 Å².